The zero-order valence-electron chi connectivity index (χ0n) is 12.2. The van der Waals surface area contributed by atoms with E-state index in [0.717, 1.165) is 18.4 Å². The van der Waals surface area contributed by atoms with Gasteiger partial charge in [-0.2, -0.15) is 0 Å². The summed E-state index contributed by atoms with van der Waals surface area (Å²) in [6.45, 7) is 6.46. The van der Waals surface area contributed by atoms with Crippen LogP contribution < -0.4 is 10.6 Å². The molecule has 2 N–H and O–H groups in total. The number of nitrogens with zero attached hydrogens (tertiary/aromatic N) is 1. The van der Waals surface area contributed by atoms with Gasteiger partial charge in [-0.15, -0.1) is 0 Å². The van der Waals surface area contributed by atoms with E-state index in [1.165, 1.54) is 18.5 Å². The average Bonchev–Trinajstić information content (AvgIpc) is 2.70. The fourth-order valence-corrected chi connectivity index (χ4v) is 3.22. The normalized spacial score (nSPS) is 24.8. The molecule has 0 radical (unpaired) electrons. The smallest absolute Gasteiger partial charge is 0.123 e. The van der Waals surface area contributed by atoms with Gasteiger partial charge in [0.25, 0.3) is 0 Å². The number of hydrogen-bond acceptors (Lipinski definition) is 2. The molecule has 0 spiro atoms. The van der Waals surface area contributed by atoms with Gasteiger partial charge in [0.1, 0.15) is 5.82 Å². The second kappa shape index (κ2) is 5.91. The van der Waals surface area contributed by atoms with Crippen molar-refractivity contribution in [2.45, 2.75) is 64.6 Å². The van der Waals surface area contributed by atoms with Crippen molar-refractivity contribution in [2.75, 3.05) is 4.90 Å². The molecule has 3 heteroatoms. The lowest BCUT2D eigenvalue weighted by molar-refractivity contribution is 0.608. The van der Waals surface area contributed by atoms with Gasteiger partial charge in [-0.1, -0.05) is 6.92 Å². The Labute approximate surface area is 115 Å². The van der Waals surface area contributed by atoms with Crippen LogP contribution in [-0.2, 0) is 6.42 Å². The topological polar surface area (TPSA) is 29.3 Å². The summed E-state index contributed by atoms with van der Waals surface area (Å²) in [7, 11) is 0. The molecule has 1 saturated heterocycles. The molecule has 1 aliphatic heterocycles. The van der Waals surface area contributed by atoms with Crippen LogP contribution in [0.4, 0.5) is 10.1 Å². The van der Waals surface area contributed by atoms with Crippen LogP contribution in [0.1, 0.15) is 45.6 Å². The van der Waals surface area contributed by atoms with Crippen molar-refractivity contribution in [2.24, 2.45) is 5.73 Å². The van der Waals surface area contributed by atoms with Crippen LogP contribution in [0, 0.1) is 5.82 Å². The predicted molar refractivity (Wildman–Crippen MR) is 79.0 cm³/mol. The minimum absolute atomic E-state index is 0.0542. The second-order valence-electron chi connectivity index (χ2n) is 5.85. The molecule has 0 aromatic heterocycles. The first-order valence-corrected chi connectivity index (χ1v) is 7.35. The van der Waals surface area contributed by atoms with Crippen molar-refractivity contribution in [3.8, 4) is 0 Å². The summed E-state index contributed by atoms with van der Waals surface area (Å²) in [6, 6.07) is 6.30. The zero-order valence-corrected chi connectivity index (χ0v) is 12.2. The Morgan fingerprint density at radius 2 is 2.16 bits per heavy atom. The quantitative estimate of drug-likeness (QED) is 0.902. The second-order valence-corrected chi connectivity index (χ2v) is 5.85. The van der Waals surface area contributed by atoms with Crippen molar-refractivity contribution in [3.05, 3.63) is 29.6 Å². The van der Waals surface area contributed by atoms with Crippen molar-refractivity contribution in [1.29, 1.82) is 0 Å². The minimum Gasteiger partial charge on any atom is -0.366 e. The molecule has 0 saturated carbocycles. The van der Waals surface area contributed by atoms with Gasteiger partial charge in [-0.3, -0.25) is 0 Å². The molecule has 1 heterocycles. The van der Waals surface area contributed by atoms with Crippen LogP contribution in [0.2, 0.25) is 0 Å². The summed E-state index contributed by atoms with van der Waals surface area (Å²) in [5, 5.41) is 0. The van der Waals surface area contributed by atoms with E-state index < -0.39 is 0 Å². The maximum absolute atomic E-state index is 13.5. The van der Waals surface area contributed by atoms with E-state index >= 15 is 0 Å². The highest BCUT2D eigenvalue weighted by atomic mass is 19.1. The van der Waals surface area contributed by atoms with Crippen LogP contribution in [0.15, 0.2) is 18.2 Å². The summed E-state index contributed by atoms with van der Waals surface area (Å²) in [6.07, 6.45) is 4.31. The first-order chi connectivity index (χ1) is 9.02. The zero-order chi connectivity index (χ0) is 14.0. The van der Waals surface area contributed by atoms with E-state index in [4.69, 9.17) is 5.73 Å². The number of benzene rings is 1. The van der Waals surface area contributed by atoms with Gasteiger partial charge in [-0.05, 0) is 63.3 Å². The molecule has 0 aliphatic carbocycles. The third-order valence-electron chi connectivity index (χ3n) is 4.12. The van der Waals surface area contributed by atoms with E-state index in [9.17, 15) is 4.39 Å². The minimum atomic E-state index is -0.167. The molecule has 3 atom stereocenters. The summed E-state index contributed by atoms with van der Waals surface area (Å²) in [4.78, 5) is 2.47. The molecule has 1 aromatic carbocycles. The van der Waals surface area contributed by atoms with Crippen molar-refractivity contribution >= 4 is 5.69 Å². The van der Waals surface area contributed by atoms with Gasteiger partial charge in [0, 0.05) is 23.8 Å². The molecule has 19 heavy (non-hydrogen) atoms. The lowest BCUT2D eigenvalue weighted by Crippen LogP contribution is -2.35. The molecular formula is C16H25FN2. The summed E-state index contributed by atoms with van der Waals surface area (Å²) in [5.74, 6) is -0.167. The SMILES string of the molecule is CCC1CCC(C)N1c1ccc(F)cc1CC(C)N. The lowest BCUT2D eigenvalue weighted by atomic mass is 10.0. The standard InChI is InChI=1S/C16H25FN2/c1-4-15-7-5-12(3)19(15)16-8-6-14(17)10-13(16)9-11(2)18/h6,8,10-12,15H,4-5,7,9,18H2,1-3H3. The highest BCUT2D eigenvalue weighted by Gasteiger charge is 2.30. The summed E-state index contributed by atoms with van der Waals surface area (Å²) < 4.78 is 13.5. The Morgan fingerprint density at radius 3 is 2.79 bits per heavy atom. The molecule has 1 aromatic rings. The summed E-state index contributed by atoms with van der Waals surface area (Å²) in [5.41, 5.74) is 8.12. The highest BCUT2D eigenvalue weighted by molar-refractivity contribution is 5.56. The largest absolute Gasteiger partial charge is 0.366 e. The Kier molecular flexibility index (Phi) is 4.46. The van der Waals surface area contributed by atoms with Crippen molar-refractivity contribution in [3.63, 3.8) is 0 Å². The molecule has 2 rings (SSSR count). The van der Waals surface area contributed by atoms with Crippen LogP contribution in [0.5, 0.6) is 0 Å². The van der Waals surface area contributed by atoms with Gasteiger partial charge >= 0.3 is 0 Å². The number of hydrogen-bond donors (Lipinski definition) is 1. The number of halogens is 1. The van der Waals surface area contributed by atoms with Crippen LogP contribution in [0.3, 0.4) is 0 Å². The van der Waals surface area contributed by atoms with Gasteiger partial charge in [-0.25, -0.2) is 4.39 Å². The molecular weight excluding hydrogens is 239 g/mol. The first kappa shape index (κ1) is 14.3. The van der Waals surface area contributed by atoms with E-state index in [0.29, 0.717) is 12.1 Å². The van der Waals surface area contributed by atoms with Gasteiger partial charge in [0.15, 0.2) is 0 Å². The van der Waals surface area contributed by atoms with Gasteiger partial charge in [0.2, 0.25) is 0 Å². The molecule has 1 aliphatic rings. The molecule has 2 nitrogen and oxygen atoms in total. The van der Waals surface area contributed by atoms with Crippen LogP contribution in [0.25, 0.3) is 0 Å². The third kappa shape index (κ3) is 3.08. The summed E-state index contributed by atoms with van der Waals surface area (Å²) >= 11 is 0. The van der Waals surface area contributed by atoms with E-state index in [1.54, 1.807) is 12.1 Å². The molecule has 1 fully saturated rings. The first-order valence-electron chi connectivity index (χ1n) is 7.35. The number of rotatable bonds is 4. The Bertz CT molecular complexity index is 431. The molecule has 0 bridgehead atoms. The van der Waals surface area contributed by atoms with Crippen LogP contribution >= 0.6 is 0 Å². The molecule has 3 unspecified atom stereocenters. The fourth-order valence-electron chi connectivity index (χ4n) is 3.22. The van der Waals surface area contributed by atoms with Gasteiger partial charge < -0.3 is 10.6 Å². The Hall–Kier alpha value is -1.09. The lowest BCUT2D eigenvalue weighted by Gasteiger charge is -2.32. The van der Waals surface area contributed by atoms with Crippen molar-refractivity contribution < 1.29 is 4.39 Å². The van der Waals surface area contributed by atoms with E-state index in [1.807, 2.05) is 13.0 Å². The maximum atomic E-state index is 13.5. The fraction of sp³-hybridized carbons (Fsp3) is 0.625. The predicted octanol–water partition coefficient (Wildman–Crippen LogP) is 3.48. The van der Waals surface area contributed by atoms with E-state index in [-0.39, 0.29) is 11.9 Å². The average molecular weight is 264 g/mol. The molecule has 106 valence electrons. The number of anilines is 1. The number of nitrogens with two attached hydrogens (primary N) is 1. The Morgan fingerprint density at radius 1 is 1.42 bits per heavy atom. The van der Waals surface area contributed by atoms with E-state index in [2.05, 4.69) is 18.7 Å². The maximum Gasteiger partial charge on any atom is 0.123 e. The third-order valence-corrected chi connectivity index (χ3v) is 4.12. The van der Waals surface area contributed by atoms with Gasteiger partial charge in [0.05, 0.1) is 0 Å². The monoisotopic (exact) mass is 264 g/mol. The van der Waals surface area contributed by atoms with Crippen molar-refractivity contribution in [1.82, 2.24) is 0 Å². The van der Waals surface area contributed by atoms with Crippen LogP contribution in [-0.4, -0.2) is 18.1 Å². The Balaban J connectivity index is 2.37. The highest BCUT2D eigenvalue weighted by Crippen LogP contribution is 2.34. The molecule has 0 amide bonds.